The first-order chi connectivity index (χ1) is 12.7. The van der Waals surface area contributed by atoms with Crippen molar-refractivity contribution in [1.29, 1.82) is 5.26 Å². The lowest BCUT2D eigenvalue weighted by Gasteiger charge is -2.18. The average molecular weight is 353 g/mol. The van der Waals surface area contributed by atoms with Gasteiger partial charge >= 0.3 is 5.97 Å². The first kappa shape index (κ1) is 17.3. The molecule has 0 unspecified atom stereocenters. The highest BCUT2D eigenvalue weighted by Crippen LogP contribution is 2.30. The number of nitrogens with zero attached hydrogens (tertiary/aromatic N) is 1. The molecule has 0 saturated carbocycles. The number of benzene rings is 2. The molecule has 132 valence electrons. The molecule has 1 aliphatic heterocycles. The van der Waals surface area contributed by atoms with Crippen molar-refractivity contribution in [2.24, 2.45) is 0 Å². The molecule has 0 radical (unpaired) electrons. The van der Waals surface area contributed by atoms with E-state index >= 15 is 0 Å². The molecule has 0 aromatic heterocycles. The molecule has 0 aliphatic carbocycles. The Hall–Kier alpha value is -3.53. The summed E-state index contributed by atoms with van der Waals surface area (Å²) in [6, 6.07) is 13.3. The van der Waals surface area contributed by atoms with Crippen LogP contribution >= 0.6 is 0 Å². The lowest BCUT2D eigenvalue weighted by molar-refractivity contribution is -0.144. The van der Waals surface area contributed by atoms with E-state index in [0.717, 1.165) is 0 Å². The molecule has 26 heavy (non-hydrogen) atoms. The Morgan fingerprint density at radius 3 is 2.62 bits per heavy atom. The fraction of sp³-hybridized carbons (Fsp3) is 0.211. The van der Waals surface area contributed by atoms with E-state index in [9.17, 15) is 9.59 Å². The minimum Gasteiger partial charge on any atom is -0.486 e. The summed E-state index contributed by atoms with van der Waals surface area (Å²) in [5.41, 5.74) is 0.672. The van der Waals surface area contributed by atoms with Crippen LogP contribution in [0.15, 0.2) is 42.5 Å². The molecule has 0 N–H and O–H groups in total. The normalized spacial score (nSPS) is 12.0. The highest BCUT2D eigenvalue weighted by atomic mass is 16.6. The predicted molar refractivity (Wildman–Crippen MR) is 89.4 cm³/mol. The van der Waals surface area contributed by atoms with Crippen LogP contribution in [-0.2, 0) is 9.53 Å². The minimum absolute atomic E-state index is 0.283. The van der Waals surface area contributed by atoms with Crippen molar-refractivity contribution in [3.8, 4) is 23.3 Å². The van der Waals surface area contributed by atoms with Crippen LogP contribution in [0.25, 0.3) is 0 Å². The molecule has 0 spiro atoms. The zero-order valence-electron chi connectivity index (χ0n) is 13.8. The predicted octanol–water partition coefficient (Wildman–Crippen LogP) is 2.13. The van der Waals surface area contributed by atoms with Gasteiger partial charge in [-0.25, -0.2) is 4.79 Å². The van der Waals surface area contributed by atoms with Gasteiger partial charge in [0, 0.05) is 5.56 Å². The van der Waals surface area contributed by atoms with Crippen molar-refractivity contribution in [2.75, 3.05) is 26.4 Å². The largest absolute Gasteiger partial charge is 0.486 e. The number of carbonyl (C=O) groups is 2. The SMILES string of the molecule is N#Cc1ccccc1OCC(=O)OCC(=O)c1ccc2c(c1)OCCO2. The number of carbonyl (C=O) groups excluding carboxylic acids is 2. The summed E-state index contributed by atoms with van der Waals surface area (Å²) in [5, 5.41) is 8.96. The second-order valence-electron chi connectivity index (χ2n) is 5.34. The Bertz CT molecular complexity index is 871. The number of nitriles is 1. The van der Waals surface area contributed by atoms with Gasteiger partial charge in [-0.3, -0.25) is 4.79 Å². The molecule has 1 aliphatic rings. The van der Waals surface area contributed by atoms with Crippen LogP contribution in [-0.4, -0.2) is 38.2 Å². The van der Waals surface area contributed by atoms with E-state index in [1.54, 1.807) is 42.5 Å². The third kappa shape index (κ3) is 4.11. The smallest absolute Gasteiger partial charge is 0.344 e. The second kappa shape index (κ2) is 8.03. The molecular formula is C19H15NO6. The number of rotatable bonds is 6. The maximum Gasteiger partial charge on any atom is 0.344 e. The van der Waals surface area contributed by atoms with Crippen LogP contribution in [0, 0.1) is 11.3 Å². The van der Waals surface area contributed by atoms with Gasteiger partial charge in [-0.05, 0) is 30.3 Å². The zero-order chi connectivity index (χ0) is 18.4. The number of fused-ring (bicyclic) bond motifs is 1. The van der Waals surface area contributed by atoms with Crippen LogP contribution < -0.4 is 14.2 Å². The van der Waals surface area contributed by atoms with Gasteiger partial charge in [-0.2, -0.15) is 5.26 Å². The maximum absolute atomic E-state index is 12.2. The Kier molecular flexibility index (Phi) is 5.34. The summed E-state index contributed by atoms with van der Waals surface area (Å²) in [7, 11) is 0. The summed E-state index contributed by atoms with van der Waals surface area (Å²) < 4.78 is 21.0. The van der Waals surface area contributed by atoms with Crippen molar-refractivity contribution in [3.05, 3.63) is 53.6 Å². The minimum atomic E-state index is -0.705. The molecule has 0 amide bonds. The lowest BCUT2D eigenvalue weighted by atomic mass is 10.1. The maximum atomic E-state index is 12.2. The molecule has 0 fully saturated rings. The molecule has 3 rings (SSSR count). The van der Waals surface area contributed by atoms with Gasteiger partial charge in [0.25, 0.3) is 0 Å². The first-order valence-corrected chi connectivity index (χ1v) is 7.88. The number of hydrogen-bond donors (Lipinski definition) is 0. The van der Waals surface area contributed by atoms with E-state index in [4.69, 9.17) is 24.2 Å². The molecule has 0 saturated heterocycles. The monoisotopic (exact) mass is 353 g/mol. The van der Waals surface area contributed by atoms with Crippen LogP contribution in [0.1, 0.15) is 15.9 Å². The second-order valence-corrected chi connectivity index (χ2v) is 5.34. The molecular weight excluding hydrogens is 338 g/mol. The number of para-hydroxylation sites is 1. The van der Waals surface area contributed by atoms with Gasteiger partial charge < -0.3 is 18.9 Å². The third-order valence-corrected chi connectivity index (χ3v) is 3.58. The van der Waals surface area contributed by atoms with E-state index in [0.29, 0.717) is 35.8 Å². The van der Waals surface area contributed by atoms with E-state index in [2.05, 4.69) is 0 Å². The molecule has 0 atom stereocenters. The van der Waals surface area contributed by atoms with Crippen molar-refractivity contribution < 1.29 is 28.5 Å². The lowest BCUT2D eigenvalue weighted by Crippen LogP contribution is -2.20. The quantitative estimate of drug-likeness (QED) is 0.580. The van der Waals surface area contributed by atoms with Gasteiger partial charge in [0.1, 0.15) is 25.0 Å². The highest BCUT2D eigenvalue weighted by molar-refractivity contribution is 5.98. The number of ether oxygens (including phenoxy) is 4. The number of esters is 1. The molecule has 1 heterocycles. The average Bonchev–Trinajstić information content (AvgIpc) is 2.70. The number of ketones is 1. The van der Waals surface area contributed by atoms with Crippen LogP contribution in [0.5, 0.6) is 17.2 Å². The molecule has 2 aromatic rings. The number of Topliss-reactive ketones (excluding diaryl/α,β-unsaturated/α-hetero) is 1. The Balaban J connectivity index is 1.51. The van der Waals surface area contributed by atoms with E-state index in [1.807, 2.05) is 6.07 Å². The van der Waals surface area contributed by atoms with Crippen LogP contribution in [0.2, 0.25) is 0 Å². The van der Waals surface area contributed by atoms with Crippen molar-refractivity contribution in [1.82, 2.24) is 0 Å². The Morgan fingerprint density at radius 2 is 1.81 bits per heavy atom. The van der Waals surface area contributed by atoms with Crippen LogP contribution in [0.4, 0.5) is 0 Å². The summed E-state index contributed by atoms with van der Waals surface area (Å²) in [6.45, 7) is 0.0722. The summed E-state index contributed by atoms with van der Waals surface area (Å²) in [4.78, 5) is 23.9. The number of hydrogen-bond acceptors (Lipinski definition) is 7. The molecule has 7 heteroatoms. The fourth-order valence-corrected chi connectivity index (χ4v) is 2.31. The van der Waals surface area contributed by atoms with Gasteiger partial charge in [-0.15, -0.1) is 0 Å². The fourth-order valence-electron chi connectivity index (χ4n) is 2.31. The van der Waals surface area contributed by atoms with Crippen molar-refractivity contribution in [3.63, 3.8) is 0 Å². The zero-order valence-corrected chi connectivity index (χ0v) is 13.8. The summed E-state index contributed by atoms with van der Waals surface area (Å²) >= 11 is 0. The van der Waals surface area contributed by atoms with E-state index in [1.165, 1.54) is 0 Å². The molecule has 2 aromatic carbocycles. The van der Waals surface area contributed by atoms with Gasteiger partial charge in [-0.1, -0.05) is 12.1 Å². The summed E-state index contributed by atoms with van der Waals surface area (Å²) in [5.74, 6) is 0.278. The topological polar surface area (TPSA) is 94.8 Å². The van der Waals surface area contributed by atoms with Crippen LogP contribution in [0.3, 0.4) is 0 Å². The Labute approximate surface area is 149 Å². The van der Waals surface area contributed by atoms with E-state index in [-0.39, 0.29) is 11.5 Å². The van der Waals surface area contributed by atoms with Crippen molar-refractivity contribution >= 4 is 11.8 Å². The van der Waals surface area contributed by atoms with Gasteiger partial charge in [0.15, 0.2) is 30.5 Å². The summed E-state index contributed by atoms with van der Waals surface area (Å²) in [6.07, 6.45) is 0. The highest BCUT2D eigenvalue weighted by Gasteiger charge is 2.16. The molecule has 7 nitrogen and oxygen atoms in total. The standard InChI is InChI=1S/C19H15NO6/c20-10-14-3-1-2-4-16(14)25-12-19(22)26-11-15(21)13-5-6-17-18(9-13)24-8-7-23-17/h1-6,9H,7-8,11-12H2. The third-order valence-electron chi connectivity index (χ3n) is 3.58. The van der Waals surface area contributed by atoms with Gasteiger partial charge in [0.2, 0.25) is 0 Å². The Morgan fingerprint density at radius 1 is 1.04 bits per heavy atom. The van der Waals surface area contributed by atoms with Crippen molar-refractivity contribution in [2.45, 2.75) is 0 Å². The van der Waals surface area contributed by atoms with Gasteiger partial charge in [0.05, 0.1) is 5.56 Å². The first-order valence-electron chi connectivity index (χ1n) is 7.88. The van der Waals surface area contributed by atoms with E-state index < -0.39 is 19.2 Å². The molecule has 0 bridgehead atoms.